The SMILES string of the molecule is CCc1cc(-c2cccc(S(C)(=O)=O)c2)sc1C(/C=C(\N)C(C)(C)O)=Nc1cccc(F)c1Cl. The summed E-state index contributed by atoms with van der Waals surface area (Å²) >= 11 is 7.55. The minimum atomic E-state index is -3.36. The van der Waals surface area contributed by atoms with Crippen LogP contribution in [0.2, 0.25) is 5.02 Å². The van der Waals surface area contributed by atoms with E-state index in [0.717, 1.165) is 20.9 Å². The first kappa shape index (κ1) is 26.1. The lowest BCUT2D eigenvalue weighted by Crippen LogP contribution is -2.28. The molecule has 9 heteroatoms. The molecule has 1 aromatic heterocycles. The predicted octanol–water partition coefficient (Wildman–Crippen LogP) is 5.91. The molecule has 5 nitrogen and oxygen atoms in total. The number of aryl methyl sites for hydroxylation is 1. The zero-order valence-corrected chi connectivity index (χ0v) is 21.7. The number of nitrogens with zero attached hydrogens (tertiary/aromatic N) is 1. The third-order valence-electron chi connectivity index (χ3n) is 5.14. The van der Waals surface area contributed by atoms with Gasteiger partial charge in [-0.1, -0.05) is 36.7 Å². The number of hydrogen-bond donors (Lipinski definition) is 2. The molecule has 0 amide bonds. The van der Waals surface area contributed by atoms with Crippen molar-refractivity contribution in [1.29, 1.82) is 0 Å². The first-order chi connectivity index (χ1) is 15.8. The minimum absolute atomic E-state index is 0.120. The Morgan fingerprint density at radius 3 is 2.53 bits per heavy atom. The fraction of sp³-hybridized carbons (Fsp3) is 0.240. The fourth-order valence-electron chi connectivity index (χ4n) is 3.11. The molecule has 0 fully saturated rings. The average Bonchev–Trinajstić information content (AvgIpc) is 3.19. The minimum Gasteiger partial charge on any atom is -0.400 e. The van der Waals surface area contributed by atoms with Crippen molar-refractivity contribution >= 4 is 44.2 Å². The average molecular weight is 521 g/mol. The number of allylic oxidation sites excluding steroid dienone is 1. The fourth-order valence-corrected chi connectivity index (χ4v) is 5.16. The van der Waals surface area contributed by atoms with E-state index in [1.807, 2.05) is 19.1 Å². The van der Waals surface area contributed by atoms with Crippen LogP contribution < -0.4 is 5.73 Å². The van der Waals surface area contributed by atoms with Gasteiger partial charge in [0.2, 0.25) is 0 Å². The van der Waals surface area contributed by atoms with E-state index in [2.05, 4.69) is 4.99 Å². The van der Waals surface area contributed by atoms with Gasteiger partial charge in [0, 0.05) is 16.8 Å². The molecule has 3 N–H and O–H groups in total. The Morgan fingerprint density at radius 1 is 1.24 bits per heavy atom. The summed E-state index contributed by atoms with van der Waals surface area (Å²) in [6.07, 6.45) is 3.38. The van der Waals surface area contributed by atoms with E-state index in [0.29, 0.717) is 12.1 Å². The van der Waals surface area contributed by atoms with E-state index in [-0.39, 0.29) is 21.3 Å². The van der Waals surface area contributed by atoms with Crippen LogP contribution in [-0.2, 0) is 16.3 Å². The van der Waals surface area contributed by atoms with Crippen LogP contribution in [0.15, 0.2) is 70.2 Å². The van der Waals surface area contributed by atoms with Crippen LogP contribution in [0.4, 0.5) is 10.1 Å². The number of thiophene rings is 1. The number of sulfone groups is 1. The third kappa shape index (κ3) is 5.93. The Balaban J connectivity index is 2.24. The molecule has 0 spiro atoms. The second kappa shape index (κ2) is 10.00. The van der Waals surface area contributed by atoms with Gasteiger partial charge in [-0.15, -0.1) is 11.3 Å². The summed E-state index contributed by atoms with van der Waals surface area (Å²) in [4.78, 5) is 6.43. The molecule has 3 aromatic rings. The highest BCUT2D eigenvalue weighted by Crippen LogP contribution is 2.36. The monoisotopic (exact) mass is 520 g/mol. The Morgan fingerprint density at radius 2 is 1.91 bits per heavy atom. The van der Waals surface area contributed by atoms with Crippen LogP contribution in [0.25, 0.3) is 10.4 Å². The topological polar surface area (TPSA) is 92.8 Å². The van der Waals surface area contributed by atoms with E-state index in [1.54, 1.807) is 44.2 Å². The summed E-state index contributed by atoms with van der Waals surface area (Å²) in [7, 11) is -3.36. The molecule has 0 saturated heterocycles. The van der Waals surface area contributed by atoms with Crippen LogP contribution in [0.1, 0.15) is 31.2 Å². The summed E-state index contributed by atoms with van der Waals surface area (Å²) in [5.74, 6) is -0.595. The molecule has 0 aliphatic heterocycles. The number of nitrogens with two attached hydrogens (primary N) is 1. The van der Waals surface area contributed by atoms with Gasteiger partial charge < -0.3 is 10.8 Å². The van der Waals surface area contributed by atoms with Gasteiger partial charge in [0.25, 0.3) is 0 Å². The van der Waals surface area contributed by atoms with Gasteiger partial charge in [-0.2, -0.15) is 0 Å². The first-order valence-corrected chi connectivity index (χ1v) is 13.6. The van der Waals surface area contributed by atoms with Gasteiger partial charge >= 0.3 is 0 Å². The molecule has 2 aromatic carbocycles. The summed E-state index contributed by atoms with van der Waals surface area (Å²) in [6.45, 7) is 5.10. The second-order valence-corrected chi connectivity index (χ2v) is 11.8. The number of aliphatic imine (C=N–C) groups is 1. The van der Waals surface area contributed by atoms with Gasteiger partial charge in [-0.3, -0.25) is 0 Å². The highest BCUT2D eigenvalue weighted by atomic mass is 35.5. The highest BCUT2D eigenvalue weighted by Gasteiger charge is 2.21. The maximum atomic E-state index is 14.1. The van der Waals surface area contributed by atoms with Crippen molar-refractivity contribution in [3.05, 3.63) is 81.6 Å². The molecule has 0 aliphatic carbocycles. The Hall–Kier alpha value is -2.52. The number of halogens is 2. The number of benzene rings is 2. The molecule has 0 atom stereocenters. The Bertz CT molecular complexity index is 1390. The van der Waals surface area contributed by atoms with Crippen molar-refractivity contribution in [2.75, 3.05) is 6.26 Å². The standard InChI is InChI=1S/C25H26ClFN2O3S2/c1-5-15-13-21(16-8-6-9-17(12-16)34(4,31)32)33-24(15)20(14-22(28)25(2,3)30)29-19-11-7-10-18(27)23(19)26/h6-14,30H,5,28H2,1-4H3/b22-14-,29-20?. The summed E-state index contributed by atoms with van der Waals surface area (Å²) in [5, 5.41) is 10.3. The molecule has 0 unspecified atom stereocenters. The van der Waals surface area contributed by atoms with E-state index in [9.17, 15) is 17.9 Å². The molecule has 34 heavy (non-hydrogen) atoms. The van der Waals surface area contributed by atoms with E-state index < -0.39 is 21.3 Å². The lowest BCUT2D eigenvalue weighted by molar-refractivity contribution is 0.118. The summed E-state index contributed by atoms with van der Waals surface area (Å²) in [6, 6.07) is 13.0. The van der Waals surface area contributed by atoms with Crippen molar-refractivity contribution < 1.29 is 17.9 Å². The lowest BCUT2D eigenvalue weighted by Gasteiger charge is -2.18. The molecule has 0 aliphatic rings. The molecular weight excluding hydrogens is 495 g/mol. The normalized spacial score (nSPS) is 13.4. The van der Waals surface area contributed by atoms with Gasteiger partial charge in [-0.05, 0) is 67.8 Å². The first-order valence-electron chi connectivity index (χ1n) is 10.5. The molecule has 0 saturated carbocycles. The quantitative estimate of drug-likeness (QED) is 0.379. The van der Waals surface area contributed by atoms with Gasteiger partial charge in [0.1, 0.15) is 10.8 Å². The van der Waals surface area contributed by atoms with Crippen molar-refractivity contribution in [3.8, 4) is 10.4 Å². The maximum Gasteiger partial charge on any atom is 0.175 e. The van der Waals surface area contributed by atoms with Crippen LogP contribution in [0, 0.1) is 5.82 Å². The van der Waals surface area contributed by atoms with Crippen molar-refractivity contribution in [1.82, 2.24) is 0 Å². The molecule has 180 valence electrons. The van der Waals surface area contributed by atoms with Crippen molar-refractivity contribution in [3.63, 3.8) is 0 Å². The van der Waals surface area contributed by atoms with Crippen LogP contribution in [0.3, 0.4) is 0 Å². The zero-order chi connectivity index (χ0) is 25.3. The van der Waals surface area contributed by atoms with Crippen LogP contribution in [-0.4, -0.2) is 31.1 Å². The second-order valence-electron chi connectivity index (χ2n) is 8.35. The van der Waals surface area contributed by atoms with Gasteiger partial charge in [0.15, 0.2) is 9.84 Å². The Labute approximate surface area is 208 Å². The number of aliphatic hydroxyl groups is 1. The largest absolute Gasteiger partial charge is 0.400 e. The van der Waals surface area contributed by atoms with Crippen molar-refractivity contribution in [2.45, 2.75) is 37.7 Å². The Kier molecular flexibility index (Phi) is 7.67. The molecule has 0 radical (unpaired) electrons. The zero-order valence-electron chi connectivity index (χ0n) is 19.3. The van der Waals surface area contributed by atoms with E-state index >= 15 is 0 Å². The molecule has 3 rings (SSSR count). The van der Waals surface area contributed by atoms with Crippen molar-refractivity contribution in [2.24, 2.45) is 10.7 Å². The summed E-state index contributed by atoms with van der Waals surface area (Å²) in [5.41, 5.74) is 7.35. The number of rotatable bonds is 7. The maximum absolute atomic E-state index is 14.1. The molecular formula is C25H26ClFN2O3S2. The van der Waals surface area contributed by atoms with E-state index in [1.165, 1.54) is 29.7 Å². The van der Waals surface area contributed by atoms with Crippen LogP contribution >= 0.6 is 22.9 Å². The van der Waals surface area contributed by atoms with Gasteiger partial charge in [0.05, 0.1) is 26.8 Å². The highest BCUT2D eigenvalue weighted by molar-refractivity contribution is 7.90. The van der Waals surface area contributed by atoms with E-state index in [4.69, 9.17) is 17.3 Å². The smallest absolute Gasteiger partial charge is 0.175 e. The van der Waals surface area contributed by atoms with Crippen LogP contribution in [0.5, 0.6) is 0 Å². The van der Waals surface area contributed by atoms with Gasteiger partial charge in [-0.25, -0.2) is 17.8 Å². The molecule has 1 heterocycles. The molecule has 0 bridgehead atoms. The number of hydrogen-bond acceptors (Lipinski definition) is 6. The third-order valence-corrected chi connectivity index (χ3v) is 7.87. The predicted molar refractivity (Wildman–Crippen MR) is 138 cm³/mol. The summed E-state index contributed by atoms with van der Waals surface area (Å²) < 4.78 is 38.1. The lowest BCUT2D eigenvalue weighted by atomic mass is 10.0.